The van der Waals surface area contributed by atoms with Crippen molar-refractivity contribution in [2.24, 2.45) is 10.1 Å². The molecule has 2 aliphatic heterocycles. The first kappa shape index (κ1) is 23.6. The number of nitro groups is 1. The number of thioether (sulfide) groups is 1. The zero-order chi connectivity index (χ0) is 24.2. The van der Waals surface area contributed by atoms with Crippen LogP contribution in [0.25, 0.3) is 17.4 Å². The molecular formula is C24H25N5O4S. The Hall–Kier alpha value is -3.53. The molecule has 176 valence electrons. The zero-order valence-corrected chi connectivity index (χ0v) is 19.9. The van der Waals surface area contributed by atoms with E-state index in [1.54, 1.807) is 18.2 Å². The van der Waals surface area contributed by atoms with Gasteiger partial charge in [-0.05, 0) is 55.3 Å². The van der Waals surface area contributed by atoms with E-state index in [4.69, 9.17) is 9.83 Å². The van der Waals surface area contributed by atoms with Crippen molar-refractivity contribution in [3.05, 3.63) is 57.3 Å². The summed E-state index contributed by atoms with van der Waals surface area (Å²) in [7, 11) is 0. The van der Waals surface area contributed by atoms with Crippen molar-refractivity contribution in [2.45, 2.75) is 52.4 Å². The van der Waals surface area contributed by atoms with E-state index in [1.165, 1.54) is 54.2 Å². The number of hydrazone groups is 1. The zero-order valence-electron chi connectivity index (χ0n) is 19.0. The van der Waals surface area contributed by atoms with Crippen LogP contribution in [0.2, 0.25) is 0 Å². The summed E-state index contributed by atoms with van der Waals surface area (Å²) in [6.45, 7) is 4.01. The van der Waals surface area contributed by atoms with Gasteiger partial charge in [-0.3, -0.25) is 20.3 Å². The summed E-state index contributed by atoms with van der Waals surface area (Å²) in [5.74, 6) is 0.215. The van der Waals surface area contributed by atoms with Crippen molar-refractivity contribution in [2.75, 3.05) is 0 Å². The smallest absolute Gasteiger partial charge is 0.283 e. The van der Waals surface area contributed by atoms with Gasteiger partial charge in [0.1, 0.15) is 16.6 Å². The fraction of sp³-hybridized carbons (Fsp3) is 0.333. The van der Waals surface area contributed by atoms with Crippen molar-refractivity contribution in [3.63, 3.8) is 0 Å². The molecule has 0 saturated carbocycles. The van der Waals surface area contributed by atoms with E-state index in [9.17, 15) is 14.9 Å². The van der Waals surface area contributed by atoms with Crippen LogP contribution < -0.4 is 0 Å². The Balaban J connectivity index is 1.51. The van der Waals surface area contributed by atoms with Crippen molar-refractivity contribution < 1.29 is 14.1 Å². The molecule has 10 heteroatoms. The number of unbranched alkanes of at least 4 members (excludes halogenated alkanes) is 4. The maximum absolute atomic E-state index is 12.6. The molecule has 3 heterocycles. The molecule has 2 aliphatic rings. The van der Waals surface area contributed by atoms with Gasteiger partial charge >= 0.3 is 0 Å². The molecule has 9 nitrogen and oxygen atoms in total. The molecule has 0 bridgehead atoms. The molecule has 0 fully saturated rings. The number of amides is 1. The Bertz CT molecular complexity index is 1240. The molecule has 2 aromatic rings. The molecule has 34 heavy (non-hydrogen) atoms. The fourth-order valence-electron chi connectivity index (χ4n) is 3.72. The largest absolute Gasteiger partial charge is 0.457 e. The van der Waals surface area contributed by atoms with E-state index in [0.29, 0.717) is 22.3 Å². The van der Waals surface area contributed by atoms with E-state index in [1.807, 2.05) is 6.92 Å². The topological polar surface area (TPSA) is 125 Å². The number of hydrogen-bond acceptors (Lipinski definition) is 7. The van der Waals surface area contributed by atoms with Crippen LogP contribution in [0.3, 0.4) is 0 Å². The predicted octanol–water partition coefficient (Wildman–Crippen LogP) is 6.14. The molecule has 1 aromatic heterocycles. The summed E-state index contributed by atoms with van der Waals surface area (Å²) in [5.41, 5.74) is 1.45. The third-order valence-corrected chi connectivity index (χ3v) is 6.57. The predicted molar refractivity (Wildman–Crippen MR) is 134 cm³/mol. The minimum Gasteiger partial charge on any atom is -0.457 e. The summed E-state index contributed by atoms with van der Waals surface area (Å²) < 4.78 is 5.85. The molecule has 0 radical (unpaired) electrons. The molecule has 4 rings (SSSR count). The number of carbonyl (C=O) groups is 1. The van der Waals surface area contributed by atoms with E-state index in [0.717, 1.165) is 29.9 Å². The Morgan fingerprint density at radius 3 is 2.76 bits per heavy atom. The van der Waals surface area contributed by atoms with Crippen LogP contribution in [0.5, 0.6) is 0 Å². The lowest BCUT2D eigenvalue weighted by molar-refractivity contribution is -0.384. The van der Waals surface area contributed by atoms with Crippen molar-refractivity contribution in [1.82, 2.24) is 5.01 Å². The summed E-state index contributed by atoms with van der Waals surface area (Å²) in [6, 6.07) is 7.90. The Kier molecular flexibility index (Phi) is 7.06. The molecule has 0 spiro atoms. The number of non-ortho nitro benzene ring substituents is 1. The number of fused-ring (bicyclic) bond motifs is 1. The first-order chi connectivity index (χ1) is 16.4. The van der Waals surface area contributed by atoms with E-state index in [-0.39, 0.29) is 17.1 Å². The normalized spacial score (nSPS) is 16.6. The number of amidine groups is 2. The number of rotatable bonds is 9. The second-order valence-electron chi connectivity index (χ2n) is 8.14. The van der Waals surface area contributed by atoms with E-state index >= 15 is 0 Å². The lowest BCUT2D eigenvalue weighted by Crippen LogP contribution is -2.35. The van der Waals surface area contributed by atoms with E-state index < -0.39 is 10.8 Å². The lowest BCUT2D eigenvalue weighted by atomic mass is 10.1. The minimum atomic E-state index is -0.521. The molecule has 0 atom stereocenters. The summed E-state index contributed by atoms with van der Waals surface area (Å²) >= 11 is 1.34. The number of carbonyl (C=O) groups excluding carboxylic acids is 1. The van der Waals surface area contributed by atoms with E-state index in [2.05, 4.69) is 17.0 Å². The van der Waals surface area contributed by atoms with Gasteiger partial charge in [0.25, 0.3) is 11.6 Å². The standard InChI is InChI=1S/C24H25N5O4S/c1-3-4-5-6-7-8-21-27-28-22(25)19(23(30)26-24(28)34-21)14-17-11-12-20(33-17)18-13-16(29(31)32)10-9-15(18)2/h9-14,25H,3-8H2,1-2H3/b19-14+,25-22?. The molecule has 0 saturated heterocycles. The molecular weight excluding hydrogens is 454 g/mol. The van der Waals surface area contributed by atoms with Gasteiger partial charge in [0, 0.05) is 17.7 Å². The van der Waals surface area contributed by atoms with Crippen molar-refractivity contribution >= 4 is 45.5 Å². The number of aliphatic imine (C=N–C) groups is 1. The van der Waals surface area contributed by atoms with Crippen LogP contribution in [-0.2, 0) is 4.79 Å². The van der Waals surface area contributed by atoms with Crippen LogP contribution in [0.15, 0.2) is 50.4 Å². The average molecular weight is 480 g/mol. The highest BCUT2D eigenvalue weighted by molar-refractivity contribution is 8.26. The fourth-order valence-corrected chi connectivity index (χ4v) is 4.65. The van der Waals surface area contributed by atoms with Crippen LogP contribution in [0.1, 0.15) is 56.8 Å². The number of nitrogens with zero attached hydrogens (tertiary/aromatic N) is 4. The number of nitrogens with one attached hydrogen (secondary N) is 1. The molecule has 1 aromatic carbocycles. The highest BCUT2D eigenvalue weighted by Gasteiger charge is 2.35. The van der Waals surface area contributed by atoms with Gasteiger partial charge in [-0.25, -0.2) is 0 Å². The molecule has 1 N–H and O–H groups in total. The first-order valence-corrected chi connectivity index (χ1v) is 12.0. The van der Waals surface area contributed by atoms with Gasteiger partial charge in [-0.15, -0.1) is 0 Å². The quantitative estimate of drug-likeness (QED) is 0.199. The van der Waals surface area contributed by atoms with Gasteiger partial charge in [-0.1, -0.05) is 38.7 Å². The molecule has 0 aliphatic carbocycles. The number of nitro benzene ring substituents is 1. The second kappa shape index (κ2) is 10.2. The highest BCUT2D eigenvalue weighted by Crippen LogP contribution is 2.32. The van der Waals surface area contributed by atoms with Crippen LogP contribution in [0, 0.1) is 22.4 Å². The van der Waals surface area contributed by atoms with Crippen LogP contribution in [0.4, 0.5) is 5.69 Å². The van der Waals surface area contributed by atoms with Crippen LogP contribution in [-0.4, -0.2) is 31.9 Å². The number of benzene rings is 1. The molecule has 1 amide bonds. The number of hydrogen-bond donors (Lipinski definition) is 1. The maximum Gasteiger partial charge on any atom is 0.283 e. The Morgan fingerprint density at radius 1 is 1.21 bits per heavy atom. The Morgan fingerprint density at radius 2 is 2.00 bits per heavy atom. The van der Waals surface area contributed by atoms with Gasteiger partial charge < -0.3 is 4.42 Å². The average Bonchev–Trinajstić information content (AvgIpc) is 3.43. The second-order valence-corrected chi connectivity index (χ2v) is 9.18. The van der Waals surface area contributed by atoms with Crippen molar-refractivity contribution in [1.29, 1.82) is 5.41 Å². The third kappa shape index (κ3) is 5.01. The monoisotopic (exact) mass is 479 g/mol. The summed E-state index contributed by atoms with van der Waals surface area (Å²) in [4.78, 5) is 27.4. The van der Waals surface area contributed by atoms with Gasteiger partial charge in [0.15, 0.2) is 5.84 Å². The molecule has 0 unspecified atom stereocenters. The van der Waals surface area contributed by atoms with Crippen LogP contribution >= 0.6 is 11.8 Å². The summed E-state index contributed by atoms with van der Waals surface area (Å²) in [6.07, 6.45) is 8.02. The maximum atomic E-state index is 12.6. The van der Waals surface area contributed by atoms with Gasteiger partial charge in [0.05, 0.1) is 10.5 Å². The number of aryl methyl sites for hydroxylation is 1. The Labute approximate surface area is 201 Å². The third-order valence-electron chi connectivity index (χ3n) is 5.60. The SMILES string of the molecule is CCCCCCCC1=NN2C(=N)/C(=C\c3ccc(-c4cc([N+](=O)[O-])ccc4C)o3)C(=O)N=C2S1. The summed E-state index contributed by atoms with van der Waals surface area (Å²) in [5, 5.41) is 26.8. The van der Waals surface area contributed by atoms with Gasteiger partial charge in [0.2, 0.25) is 5.17 Å². The van der Waals surface area contributed by atoms with Gasteiger partial charge in [-0.2, -0.15) is 15.1 Å². The lowest BCUT2D eigenvalue weighted by Gasteiger charge is -2.19. The number of furan rings is 1. The van der Waals surface area contributed by atoms with Crippen molar-refractivity contribution in [3.8, 4) is 11.3 Å². The minimum absolute atomic E-state index is 0.0337. The first-order valence-electron chi connectivity index (χ1n) is 11.2. The highest BCUT2D eigenvalue weighted by atomic mass is 32.2.